The van der Waals surface area contributed by atoms with Crippen LogP contribution in [-0.2, 0) is 16.8 Å². The number of para-hydroxylation sites is 1. The first-order valence-electron chi connectivity index (χ1n) is 11.1. The molecule has 1 atom stereocenters. The van der Waals surface area contributed by atoms with Crippen LogP contribution < -0.4 is 14.4 Å². The highest BCUT2D eigenvalue weighted by Gasteiger charge is 2.58. The molecule has 2 heterocycles. The predicted octanol–water partition coefficient (Wildman–Crippen LogP) is 6.27. The van der Waals surface area contributed by atoms with Crippen molar-refractivity contribution in [2.45, 2.75) is 44.8 Å². The summed E-state index contributed by atoms with van der Waals surface area (Å²) in [6.07, 6.45) is 0.491. The van der Waals surface area contributed by atoms with Crippen molar-refractivity contribution in [3.63, 3.8) is 0 Å². The van der Waals surface area contributed by atoms with E-state index in [-0.39, 0.29) is 12.5 Å². The van der Waals surface area contributed by atoms with Crippen LogP contribution in [0, 0.1) is 5.82 Å². The molecule has 0 bridgehead atoms. The molecule has 0 aliphatic carbocycles. The van der Waals surface area contributed by atoms with E-state index in [1.807, 2.05) is 63.2 Å². The van der Waals surface area contributed by atoms with Gasteiger partial charge < -0.3 is 14.4 Å². The van der Waals surface area contributed by atoms with E-state index in [1.54, 1.807) is 11.0 Å². The zero-order valence-corrected chi connectivity index (χ0v) is 19.6. The summed E-state index contributed by atoms with van der Waals surface area (Å²) in [4.78, 5) is 16.1. The number of halogens is 2. The minimum absolute atomic E-state index is 0.0362. The lowest BCUT2D eigenvalue weighted by Gasteiger charge is -2.43. The SMILES string of the molecule is CCOc1ccc2c(c1)OC(C)(C)CC21C(=O)N(Cc2ccc(F)cc2Cl)c2ccccc21. The lowest BCUT2D eigenvalue weighted by atomic mass is 9.67. The van der Waals surface area contributed by atoms with E-state index < -0.39 is 16.8 Å². The van der Waals surface area contributed by atoms with Crippen molar-refractivity contribution in [1.29, 1.82) is 0 Å². The van der Waals surface area contributed by atoms with Gasteiger partial charge in [0.25, 0.3) is 0 Å². The average molecular weight is 466 g/mol. The highest BCUT2D eigenvalue weighted by molar-refractivity contribution is 6.31. The second-order valence-corrected chi connectivity index (χ2v) is 9.59. The van der Waals surface area contributed by atoms with Crippen LogP contribution in [0.1, 0.15) is 43.9 Å². The summed E-state index contributed by atoms with van der Waals surface area (Å²) >= 11 is 6.32. The molecule has 6 heteroatoms. The Hall–Kier alpha value is -3.05. The van der Waals surface area contributed by atoms with E-state index in [9.17, 15) is 9.18 Å². The molecule has 170 valence electrons. The molecule has 33 heavy (non-hydrogen) atoms. The molecule has 2 aliphatic heterocycles. The van der Waals surface area contributed by atoms with Gasteiger partial charge in [-0.2, -0.15) is 0 Å². The van der Waals surface area contributed by atoms with Gasteiger partial charge >= 0.3 is 0 Å². The smallest absolute Gasteiger partial charge is 0.242 e. The van der Waals surface area contributed by atoms with Crippen LogP contribution in [0.15, 0.2) is 60.7 Å². The molecule has 1 amide bonds. The minimum atomic E-state index is -0.898. The molecule has 0 radical (unpaired) electrons. The van der Waals surface area contributed by atoms with E-state index in [0.29, 0.717) is 35.1 Å². The Balaban J connectivity index is 1.68. The molecule has 0 saturated heterocycles. The summed E-state index contributed by atoms with van der Waals surface area (Å²) in [7, 11) is 0. The van der Waals surface area contributed by atoms with Crippen molar-refractivity contribution in [2.75, 3.05) is 11.5 Å². The highest BCUT2D eigenvalue weighted by Crippen LogP contribution is 2.56. The molecule has 0 N–H and O–H groups in total. The van der Waals surface area contributed by atoms with Crippen molar-refractivity contribution < 1.29 is 18.7 Å². The number of hydrogen-bond donors (Lipinski definition) is 0. The van der Waals surface area contributed by atoms with Crippen LogP contribution in [0.2, 0.25) is 5.02 Å². The fourth-order valence-corrected chi connectivity index (χ4v) is 5.42. The van der Waals surface area contributed by atoms with Crippen molar-refractivity contribution >= 4 is 23.2 Å². The lowest BCUT2D eigenvalue weighted by molar-refractivity contribution is -0.124. The number of amides is 1. The molecular weight excluding hydrogens is 441 g/mol. The third-order valence-corrected chi connectivity index (χ3v) is 6.76. The molecule has 0 saturated carbocycles. The fraction of sp³-hybridized carbons (Fsp3) is 0.296. The summed E-state index contributed by atoms with van der Waals surface area (Å²) in [5, 5.41) is 0.301. The second kappa shape index (κ2) is 7.77. The monoisotopic (exact) mass is 465 g/mol. The van der Waals surface area contributed by atoms with Gasteiger partial charge in [-0.15, -0.1) is 0 Å². The summed E-state index contributed by atoms with van der Waals surface area (Å²) in [5.41, 5.74) is 1.82. The maximum atomic E-state index is 14.3. The van der Waals surface area contributed by atoms with Crippen LogP contribution in [0.25, 0.3) is 0 Å². The zero-order valence-electron chi connectivity index (χ0n) is 18.8. The number of nitrogens with zero attached hydrogens (tertiary/aromatic N) is 1. The fourth-order valence-electron chi connectivity index (χ4n) is 5.20. The summed E-state index contributed by atoms with van der Waals surface area (Å²) in [5.74, 6) is 0.921. The van der Waals surface area contributed by atoms with E-state index in [0.717, 1.165) is 16.8 Å². The standard InChI is InChI=1S/C27H25ClFNO3/c1-4-32-19-11-12-21-24(14-19)33-26(2,3)16-27(21)20-7-5-6-8-23(20)30(25(27)31)15-17-9-10-18(29)13-22(17)28/h5-14H,4,15-16H2,1-3H3. The lowest BCUT2D eigenvalue weighted by Crippen LogP contribution is -2.50. The van der Waals surface area contributed by atoms with E-state index in [4.69, 9.17) is 21.1 Å². The van der Waals surface area contributed by atoms with Crippen LogP contribution in [0.4, 0.5) is 10.1 Å². The van der Waals surface area contributed by atoms with Crippen LogP contribution in [0.5, 0.6) is 11.5 Å². The van der Waals surface area contributed by atoms with Crippen molar-refractivity contribution in [2.24, 2.45) is 0 Å². The molecule has 5 rings (SSSR count). The van der Waals surface area contributed by atoms with Crippen molar-refractivity contribution in [3.8, 4) is 11.5 Å². The van der Waals surface area contributed by atoms with E-state index in [2.05, 4.69) is 0 Å². The molecular formula is C27H25ClFNO3. The van der Waals surface area contributed by atoms with Crippen LogP contribution in [-0.4, -0.2) is 18.1 Å². The van der Waals surface area contributed by atoms with Gasteiger partial charge in [0, 0.05) is 28.8 Å². The van der Waals surface area contributed by atoms with Crippen LogP contribution >= 0.6 is 11.6 Å². The number of benzene rings is 3. The van der Waals surface area contributed by atoms with E-state index in [1.165, 1.54) is 12.1 Å². The highest BCUT2D eigenvalue weighted by atomic mass is 35.5. The van der Waals surface area contributed by atoms with Crippen molar-refractivity contribution in [3.05, 3.63) is 88.2 Å². The largest absolute Gasteiger partial charge is 0.494 e. The van der Waals surface area contributed by atoms with Gasteiger partial charge in [-0.3, -0.25) is 4.79 Å². The average Bonchev–Trinajstić information content (AvgIpc) is 2.98. The number of anilines is 1. The Morgan fingerprint density at radius 3 is 2.64 bits per heavy atom. The third-order valence-electron chi connectivity index (χ3n) is 6.41. The van der Waals surface area contributed by atoms with E-state index >= 15 is 0 Å². The maximum Gasteiger partial charge on any atom is 0.242 e. The summed E-state index contributed by atoms with van der Waals surface area (Å²) in [6, 6.07) is 17.8. The molecule has 0 fully saturated rings. The molecule has 1 spiro atoms. The Bertz CT molecular complexity index is 1260. The van der Waals surface area contributed by atoms with Crippen LogP contribution in [0.3, 0.4) is 0 Å². The zero-order chi connectivity index (χ0) is 23.4. The minimum Gasteiger partial charge on any atom is -0.494 e. The Morgan fingerprint density at radius 1 is 1.09 bits per heavy atom. The van der Waals surface area contributed by atoms with Gasteiger partial charge in [0.1, 0.15) is 28.3 Å². The molecule has 3 aromatic rings. The number of carbonyl (C=O) groups excluding carboxylic acids is 1. The van der Waals surface area contributed by atoms with Gasteiger partial charge in [-0.1, -0.05) is 41.9 Å². The van der Waals surface area contributed by atoms with Gasteiger partial charge in [0.05, 0.1) is 13.2 Å². The molecule has 4 nitrogen and oxygen atoms in total. The molecule has 2 aliphatic rings. The number of carbonyl (C=O) groups is 1. The molecule has 1 unspecified atom stereocenters. The summed E-state index contributed by atoms with van der Waals surface area (Å²) < 4.78 is 25.6. The third kappa shape index (κ3) is 3.46. The quantitative estimate of drug-likeness (QED) is 0.455. The van der Waals surface area contributed by atoms with Gasteiger partial charge in [-0.05, 0) is 56.2 Å². The van der Waals surface area contributed by atoms with Gasteiger partial charge in [0.2, 0.25) is 5.91 Å². The Morgan fingerprint density at radius 2 is 1.88 bits per heavy atom. The first kappa shape index (κ1) is 21.8. The number of fused-ring (bicyclic) bond motifs is 4. The Labute approximate surface area is 197 Å². The number of hydrogen-bond acceptors (Lipinski definition) is 3. The van der Waals surface area contributed by atoms with Gasteiger partial charge in [0.15, 0.2) is 0 Å². The molecule has 0 aromatic heterocycles. The number of ether oxygens (including phenoxy) is 2. The predicted molar refractivity (Wildman–Crippen MR) is 127 cm³/mol. The first-order valence-corrected chi connectivity index (χ1v) is 11.4. The first-order chi connectivity index (χ1) is 15.7. The number of rotatable bonds is 4. The Kier molecular flexibility index (Phi) is 5.13. The van der Waals surface area contributed by atoms with Crippen molar-refractivity contribution in [1.82, 2.24) is 0 Å². The second-order valence-electron chi connectivity index (χ2n) is 9.18. The maximum absolute atomic E-state index is 14.3. The molecule has 3 aromatic carbocycles. The summed E-state index contributed by atoms with van der Waals surface area (Å²) in [6.45, 7) is 6.73. The normalized spacial score (nSPS) is 20.4. The topological polar surface area (TPSA) is 38.8 Å². The van der Waals surface area contributed by atoms with Gasteiger partial charge in [-0.25, -0.2) is 4.39 Å².